The van der Waals surface area contributed by atoms with Crippen LogP contribution in [-0.4, -0.2) is 79.4 Å². The number of carbonyl (C=O) groups excluding carboxylic acids is 3. The van der Waals surface area contributed by atoms with E-state index in [2.05, 4.69) is 51.3 Å². The van der Waals surface area contributed by atoms with Gasteiger partial charge in [-0.15, -0.1) is 0 Å². The molecule has 2 unspecified atom stereocenters. The first-order chi connectivity index (χ1) is 23.4. The smallest absolute Gasteiger partial charge is 0.264 e. The summed E-state index contributed by atoms with van der Waals surface area (Å²) in [5, 5.41) is 2.94. The van der Waals surface area contributed by atoms with Gasteiger partial charge in [-0.05, 0) is 67.3 Å². The quantitative estimate of drug-likeness (QED) is 0.158. The predicted octanol–water partition coefficient (Wildman–Crippen LogP) is 5.53. The number of imide groups is 1. The van der Waals surface area contributed by atoms with Gasteiger partial charge in [0.15, 0.2) is 11.5 Å². The van der Waals surface area contributed by atoms with E-state index in [4.69, 9.17) is 9.47 Å². The van der Waals surface area contributed by atoms with Crippen molar-refractivity contribution in [3.63, 3.8) is 0 Å². The highest BCUT2D eigenvalue weighted by Gasteiger charge is 2.43. The van der Waals surface area contributed by atoms with Gasteiger partial charge in [0.2, 0.25) is 0 Å². The van der Waals surface area contributed by atoms with Crippen LogP contribution in [-0.2, 0) is 0 Å². The summed E-state index contributed by atoms with van der Waals surface area (Å²) in [6.07, 6.45) is 4.11. The number of nitrogens with zero attached hydrogens (tertiary/aromatic N) is 4. The molecule has 1 saturated heterocycles. The molecule has 2 atom stereocenters. The van der Waals surface area contributed by atoms with E-state index in [1.165, 1.54) is 10.5 Å². The molecule has 1 fully saturated rings. The van der Waals surface area contributed by atoms with Crippen LogP contribution in [0, 0.1) is 0 Å². The summed E-state index contributed by atoms with van der Waals surface area (Å²) in [5.41, 5.74) is 4.19. The molecule has 6 rings (SSSR count). The number of rotatable bonds is 12. The Balaban J connectivity index is 1.22. The van der Waals surface area contributed by atoms with Crippen LogP contribution in [0.4, 0.5) is 5.69 Å². The molecule has 0 radical (unpaired) electrons. The molecule has 4 aromatic rings. The van der Waals surface area contributed by atoms with E-state index in [9.17, 15) is 14.4 Å². The third kappa shape index (κ3) is 6.61. The first kappa shape index (κ1) is 32.7. The number of methoxy groups -OCH3 is 2. The van der Waals surface area contributed by atoms with E-state index < -0.39 is 6.04 Å². The van der Waals surface area contributed by atoms with Crippen LogP contribution in [0.1, 0.15) is 74.0 Å². The standard InChI is InChI=1S/C38H41N5O5/c1-26(27-9-5-4-6-10-27)41-21-23-42(24-22-41)32-12-7-11-30-35(32)38(46)43(37(30)45)31(29-14-15-33(47-2)34(25-29)48-3)13-8-18-40-36(44)28-16-19-39-20-17-28/h4-7,9-12,14-17,19-20,25-26,31H,8,13,18,21-24H2,1-3H3,(H,40,44). The lowest BCUT2D eigenvalue weighted by atomic mass is 9.99. The number of amides is 3. The Morgan fingerprint density at radius 3 is 2.27 bits per heavy atom. The molecule has 48 heavy (non-hydrogen) atoms. The highest BCUT2D eigenvalue weighted by Crippen LogP contribution is 2.40. The van der Waals surface area contributed by atoms with E-state index in [0.717, 1.165) is 37.4 Å². The average molecular weight is 648 g/mol. The second kappa shape index (κ2) is 14.7. The number of nitrogens with one attached hydrogen (secondary N) is 1. The number of pyridine rings is 1. The minimum absolute atomic E-state index is 0.205. The maximum atomic E-state index is 14.4. The lowest BCUT2D eigenvalue weighted by Crippen LogP contribution is -2.47. The molecule has 1 N–H and O–H groups in total. The third-order valence-electron chi connectivity index (χ3n) is 9.40. The maximum absolute atomic E-state index is 14.4. The van der Waals surface area contributed by atoms with Gasteiger partial charge in [-0.1, -0.05) is 42.5 Å². The minimum Gasteiger partial charge on any atom is -0.493 e. The van der Waals surface area contributed by atoms with Crippen LogP contribution in [0.2, 0.25) is 0 Å². The van der Waals surface area contributed by atoms with Gasteiger partial charge in [-0.2, -0.15) is 0 Å². The van der Waals surface area contributed by atoms with E-state index in [0.29, 0.717) is 47.6 Å². The number of carbonyl (C=O) groups is 3. The van der Waals surface area contributed by atoms with Crippen LogP contribution in [0.3, 0.4) is 0 Å². The van der Waals surface area contributed by atoms with Crippen molar-refractivity contribution in [1.82, 2.24) is 20.1 Å². The van der Waals surface area contributed by atoms with Crippen molar-refractivity contribution in [2.24, 2.45) is 0 Å². The third-order valence-corrected chi connectivity index (χ3v) is 9.40. The van der Waals surface area contributed by atoms with E-state index in [1.807, 2.05) is 30.3 Å². The van der Waals surface area contributed by atoms with Crippen molar-refractivity contribution in [1.29, 1.82) is 0 Å². The second-order valence-corrected chi connectivity index (χ2v) is 12.1. The van der Waals surface area contributed by atoms with E-state index >= 15 is 0 Å². The molecule has 1 aromatic heterocycles. The summed E-state index contributed by atoms with van der Waals surface area (Å²) in [6.45, 7) is 5.75. The van der Waals surface area contributed by atoms with Crippen molar-refractivity contribution in [3.05, 3.63) is 119 Å². The fraction of sp³-hybridized carbons (Fsp3) is 0.316. The Kier molecular flexibility index (Phi) is 10.0. The van der Waals surface area contributed by atoms with Crippen molar-refractivity contribution in [2.45, 2.75) is 31.8 Å². The van der Waals surface area contributed by atoms with Crippen molar-refractivity contribution >= 4 is 23.4 Å². The molecule has 10 heteroatoms. The number of hydrogen-bond acceptors (Lipinski definition) is 8. The second-order valence-electron chi connectivity index (χ2n) is 12.1. The summed E-state index contributed by atoms with van der Waals surface area (Å²) in [5.74, 6) is 0.213. The molecule has 0 aliphatic carbocycles. The summed E-state index contributed by atoms with van der Waals surface area (Å²) in [4.78, 5) is 51.2. The first-order valence-corrected chi connectivity index (χ1v) is 16.4. The number of hydrogen-bond donors (Lipinski definition) is 1. The van der Waals surface area contributed by atoms with Crippen LogP contribution in [0.15, 0.2) is 91.3 Å². The molecular weight excluding hydrogens is 606 g/mol. The Morgan fingerprint density at radius 1 is 0.833 bits per heavy atom. The Morgan fingerprint density at radius 2 is 1.56 bits per heavy atom. The van der Waals surface area contributed by atoms with Crippen LogP contribution < -0.4 is 19.7 Å². The first-order valence-electron chi connectivity index (χ1n) is 16.4. The van der Waals surface area contributed by atoms with Gasteiger partial charge < -0.3 is 19.7 Å². The SMILES string of the molecule is COc1ccc(C(CCCNC(=O)c2ccncc2)N2C(=O)c3cccc(N4CCN(C(C)c5ccccc5)CC4)c3C2=O)cc1OC. The van der Waals surface area contributed by atoms with E-state index in [-0.39, 0.29) is 23.8 Å². The Labute approximate surface area is 281 Å². The maximum Gasteiger partial charge on any atom is 0.264 e. The van der Waals surface area contributed by atoms with Gasteiger partial charge in [-0.25, -0.2) is 0 Å². The molecule has 3 amide bonds. The largest absolute Gasteiger partial charge is 0.493 e. The minimum atomic E-state index is -0.591. The lowest BCUT2D eigenvalue weighted by molar-refractivity contribution is 0.0570. The number of piperazine rings is 1. The molecule has 10 nitrogen and oxygen atoms in total. The molecule has 2 aliphatic rings. The topological polar surface area (TPSA) is 104 Å². The predicted molar refractivity (Wildman–Crippen MR) is 184 cm³/mol. The normalized spacial score (nSPS) is 16.0. The fourth-order valence-corrected chi connectivity index (χ4v) is 6.73. The zero-order valence-electron chi connectivity index (χ0n) is 27.6. The summed E-state index contributed by atoms with van der Waals surface area (Å²) < 4.78 is 11.0. The van der Waals surface area contributed by atoms with Crippen molar-refractivity contribution in [3.8, 4) is 11.5 Å². The number of ether oxygens (including phenoxy) is 2. The van der Waals surface area contributed by atoms with Gasteiger partial charge >= 0.3 is 0 Å². The zero-order valence-corrected chi connectivity index (χ0v) is 27.6. The van der Waals surface area contributed by atoms with Gasteiger partial charge in [0, 0.05) is 56.7 Å². The molecule has 2 aliphatic heterocycles. The van der Waals surface area contributed by atoms with E-state index in [1.54, 1.807) is 50.9 Å². The Bertz CT molecular complexity index is 1760. The average Bonchev–Trinajstić information content (AvgIpc) is 3.40. The lowest BCUT2D eigenvalue weighted by Gasteiger charge is -2.39. The van der Waals surface area contributed by atoms with Crippen LogP contribution >= 0.6 is 0 Å². The monoisotopic (exact) mass is 647 g/mol. The van der Waals surface area contributed by atoms with Gasteiger partial charge in [0.25, 0.3) is 17.7 Å². The fourth-order valence-electron chi connectivity index (χ4n) is 6.73. The summed E-state index contributed by atoms with van der Waals surface area (Å²) in [7, 11) is 3.12. The molecular formula is C38H41N5O5. The highest BCUT2D eigenvalue weighted by molar-refractivity contribution is 6.24. The number of anilines is 1. The highest BCUT2D eigenvalue weighted by atomic mass is 16.5. The summed E-state index contributed by atoms with van der Waals surface area (Å²) >= 11 is 0. The number of benzene rings is 3. The van der Waals surface area contributed by atoms with Gasteiger partial charge in [0.1, 0.15) is 0 Å². The molecule has 0 bridgehead atoms. The van der Waals surface area contributed by atoms with Crippen LogP contribution in [0.5, 0.6) is 11.5 Å². The Hall–Kier alpha value is -5.22. The van der Waals surface area contributed by atoms with Crippen LogP contribution in [0.25, 0.3) is 0 Å². The summed E-state index contributed by atoms with van der Waals surface area (Å²) in [6, 6.07) is 24.5. The molecule has 248 valence electrons. The van der Waals surface area contributed by atoms with Gasteiger partial charge in [0.05, 0.1) is 37.1 Å². The molecule has 0 saturated carbocycles. The molecule has 0 spiro atoms. The molecule has 3 aromatic carbocycles. The number of aromatic nitrogens is 1. The number of fused-ring (bicyclic) bond motifs is 1. The zero-order chi connectivity index (χ0) is 33.6. The van der Waals surface area contributed by atoms with Gasteiger partial charge in [-0.3, -0.25) is 29.2 Å². The van der Waals surface area contributed by atoms with Crippen molar-refractivity contribution in [2.75, 3.05) is 51.8 Å². The molecule has 3 heterocycles. The van der Waals surface area contributed by atoms with Crippen molar-refractivity contribution < 1.29 is 23.9 Å².